The SMILES string of the molecule is O=C(C[C@H]1C[C@H]2CC[C@H]1C2)NCc1cccc(Cl)c1. The van der Waals surface area contributed by atoms with Crippen molar-refractivity contribution in [3.63, 3.8) is 0 Å². The Morgan fingerprint density at radius 2 is 2.21 bits per heavy atom. The first-order valence-corrected chi connectivity index (χ1v) is 7.59. The van der Waals surface area contributed by atoms with E-state index >= 15 is 0 Å². The van der Waals surface area contributed by atoms with Crippen molar-refractivity contribution in [1.29, 1.82) is 0 Å². The van der Waals surface area contributed by atoms with Crippen LogP contribution in [0.15, 0.2) is 24.3 Å². The van der Waals surface area contributed by atoms with Crippen molar-refractivity contribution < 1.29 is 4.79 Å². The van der Waals surface area contributed by atoms with Crippen LogP contribution in [0, 0.1) is 17.8 Å². The number of hydrogen-bond donors (Lipinski definition) is 1. The van der Waals surface area contributed by atoms with Crippen LogP contribution in [0.4, 0.5) is 0 Å². The minimum absolute atomic E-state index is 0.192. The fraction of sp³-hybridized carbons (Fsp3) is 0.562. The fourth-order valence-corrected chi connectivity index (χ4v) is 4.00. The van der Waals surface area contributed by atoms with Gasteiger partial charge in [0.05, 0.1) is 0 Å². The molecule has 3 heteroatoms. The van der Waals surface area contributed by atoms with Gasteiger partial charge in [0.25, 0.3) is 0 Å². The largest absolute Gasteiger partial charge is 0.352 e. The number of amides is 1. The van der Waals surface area contributed by atoms with Gasteiger partial charge in [-0.25, -0.2) is 0 Å². The third-order valence-electron chi connectivity index (χ3n) is 4.71. The van der Waals surface area contributed by atoms with Crippen molar-refractivity contribution in [3.8, 4) is 0 Å². The van der Waals surface area contributed by atoms with Crippen molar-refractivity contribution in [2.45, 2.75) is 38.6 Å². The van der Waals surface area contributed by atoms with Crippen molar-refractivity contribution >= 4 is 17.5 Å². The van der Waals surface area contributed by atoms with Crippen LogP contribution in [0.2, 0.25) is 5.02 Å². The summed E-state index contributed by atoms with van der Waals surface area (Å²) < 4.78 is 0. The molecule has 3 rings (SSSR count). The molecule has 2 fully saturated rings. The maximum Gasteiger partial charge on any atom is 0.220 e. The lowest BCUT2D eigenvalue weighted by Crippen LogP contribution is -2.26. The molecule has 3 atom stereocenters. The normalized spacial score (nSPS) is 28.6. The molecule has 0 radical (unpaired) electrons. The van der Waals surface area contributed by atoms with Crippen molar-refractivity contribution in [1.82, 2.24) is 5.32 Å². The molecule has 1 amide bonds. The van der Waals surface area contributed by atoms with E-state index in [4.69, 9.17) is 11.6 Å². The van der Waals surface area contributed by atoms with Crippen LogP contribution in [0.25, 0.3) is 0 Å². The van der Waals surface area contributed by atoms with E-state index in [2.05, 4.69) is 5.32 Å². The van der Waals surface area contributed by atoms with Crippen LogP contribution in [0.3, 0.4) is 0 Å². The van der Waals surface area contributed by atoms with Crippen LogP contribution in [-0.4, -0.2) is 5.91 Å². The maximum atomic E-state index is 12.0. The molecule has 0 spiro atoms. The lowest BCUT2D eigenvalue weighted by molar-refractivity contribution is -0.122. The van der Waals surface area contributed by atoms with Crippen molar-refractivity contribution in [3.05, 3.63) is 34.9 Å². The number of rotatable bonds is 4. The Morgan fingerprint density at radius 3 is 2.89 bits per heavy atom. The van der Waals surface area contributed by atoms with Crippen LogP contribution in [-0.2, 0) is 11.3 Å². The molecule has 1 aromatic rings. The van der Waals surface area contributed by atoms with Gasteiger partial charge in [0.2, 0.25) is 5.91 Å². The van der Waals surface area contributed by atoms with E-state index in [1.54, 1.807) is 0 Å². The van der Waals surface area contributed by atoms with Crippen LogP contribution >= 0.6 is 11.6 Å². The van der Waals surface area contributed by atoms with E-state index in [-0.39, 0.29) is 5.91 Å². The summed E-state index contributed by atoms with van der Waals surface area (Å²) in [7, 11) is 0. The molecular formula is C16H20ClNO. The summed E-state index contributed by atoms with van der Waals surface area (Å²) in [5.74, 6) is 2.56. The summed E-state index contributed by atoms with van der Waals surface area (Å²) in [4.78, 5) is 12.0. The van der Waals surface area contributed by atoms with Gasteiger partial charge in [-0.2, -0.15) is 0 Å². The lowest BCUT2D eigenvalue weighted by atomic mass is 9.86. The second-order valence-corrected chi connectivity index (χ2v) is 6.48. The molecule has 0 aromatic heterocycles. The highest BCUT2D eigenvalue weighted by molar-refractivity contribution is 6.30. The Labute approximate surface area is 119 Å². The molecule has 102 valence electrons. The van der Waals surface area contributed by atoms with E-state index in [1.165, 1.54) is 25.7 Å². The highest BCUT2D eigenvalue weighted by Gasteiger charge is 2.39. The number of halogens is 1. The van der Waals surface area contributed by atoms with E-state index in [0.29, 0.717) is 18.9 Å². The average Bonchev–Trinajstić information content (AvgIpc) is 2.99. The van der Waals surface area contributed by atoms with E-state index < -0.39 is 0 Å². The highest BCUT2D eigenvalue weighted by Crippen LogP contribution is 2.49. The van der Waals surface area contributed by atoms with Crippen molar-refractivity contribution in [2.24, 2.45) is 17.8 Å². The summed E-state index contributed by atoms with van der Waals surface area (Å²) in [5.41, 5.74) is 1.06. The number of nitrogens with one attached hydrogen (secondary N) is 1. The molecule has 19 heavy (non-hydrogen) atoms. The molecule has 0 aliphatic heterocycles. The van der Waals surface area contributed by atoms with Gasteiger partial charge in [0.15, 0.2) is 0 Å². The molecular weight excluding hydrogens is 258 g/mol. The zero-order chi connectivity index (χ0) is 13.2. The first-order valence-electron chi connectivity index (χ1n) is 7.22. The lowest BCUT2D eigenvalue weighted by Gasteiger charge is -2.20. The number of carbonyl (C=O) groups excluding carboxylic acids is 1. The summed E-state index contributed by atoms with van der Waals surface area (Å²) in [6.07, 6.45) is 6.09. The number of carbonyl (C=O) groups is 1. The zero-order valence-corrected chi connectivity index (χ0v) is 11.8. The summed E-state index contributed by atoms with van der Waals surface area (Å²) >= 11 is 5.93. The first-order chi connectivity index (χ1) is 9.20. The minimum atomic E-state index is 0.192. The van der Waals surface area contributed by atoms with E-state index in [9.17, 15) is 4.79 Å². The summed E-state index contributed by atoms with van der Waals surface area (Å²) in [6.45, 7) is 0.584. The Kier molecular flexibility index (Phi) is 3.79. The molecule has 1 aromatic carbocycles. The molecule has 2 bridgehead atoms. The first kappa shape index (κ1) is 13.0. The van der Waals surface area contributed by atoms with Gasteiger partial charge in [-0.05, 0) is 54.7 Å². The molecule has 2 aliphatic carbocycles. The predicted octanol–water partition coefficient (Wildman–Crippen LogP) is 3.78. The van der Waals surface area contributed by atoms with Gasteiger partial charge in [0, 0.05) is 18.0 Å². The van der Waals surface area contributed by atoms with E-state index in [1.807, 2.05) is 24.3 Å². The zero-order valence-electron chi connectivity index (χ0n) is 11.1. The standard InChI is InChI=1S/C16H20ClNO/c17-15-3-1-2-12(8-15)10-18-16(19)9-14-7-11-4-5-13(14)6-11/h1-3,8,11,13-14H,4-7,9-10H2,(H,18,19)/t11-,13-,14+/m0/s1. The van der Waals surface area contributed by atoms with Crippen LogP contribution in [0.5, 0.6) is 0 Å². The maximum absolute atomic E-state index is 12.0. The van der Waals surface area contributed by atoms with Crippen LogP contribution < -0.4 is 5.32 Å². The quantitative estimate of drug-likeness (QED) is 0.891. The Morgan fingerprint density at radius 1 is 1.32 bits per heavy atom. The molecule has 1 N–H and O–H groups in total. The van der Waals surface area contributed by atoms with Crippen LogP contribution in [0.1, 0.15) is 37.7 Å². The second kappa shape index (κ2) is 5.54. The Bertz CT molecular complexity index is 474. The van der Waals surface area contributed by atoms with Crippen molar-refractivity contribution in [2.75, 3.05) is 0 Å². The average molecular weight is 278 g/mol. The molecule has 0 saturated heterocycles. The molecule has 2 aliphatic rings. The predicted molar refractivity (Wildman–Crippen MR) is 76.9 cm³/mol. The minimum Gasteiger partial charge on any atom is -0.352 e. The summed E-state index contributed by atoms with van der Waals surface area (Å²) in [5, 5.41) is 3.74. The Hall–Kier alpha value is -1.02. The third kappa shape index (κ3) is 3.11. The van der Waals surface area contributed by atoms with Gasteiger partial charge in [-0.3, -0.25) is 4.79 Å². The highest BCUT2D eigenvalue weighted by atomic mass is 35.5. The van der Waals surface area contributed by atoms with E-state index in [0.717, 1.165) is 22.4 Å². The summed E-state index contributed by atoms with van der Waals surface area (Å²) in [6, 6.07) is 7.66. The van der Waals surface area contributed by atoms with Gasteiger partial charge >= 0.3 is 0 Å². The number of benzene rings is 1. The number of hydrogen-bond acceptors (Lipinski definition) is 1. The third-order valence-corrected chi connectivity index (χ3v) is 4.95. The number of fused-ring (bicyclic) bond motifs is 2. The Balaban J connectivity index is 1.47. The fourth-order valence-electron chi connectivity index (χ4n) is 3.78. The van der Waals surface area contributed by atoms with Gasteiger partial charge in [-0.1, -0.05) is 30.2 Å². The monoisotopic (exact) mass is 277 g/mol. The molecule has 0 heterocycles. The molecule has 0 unspecified atom stereocenters. The smallest absolute Gasteiger partial charge is 0.220 e. The van der Waals surface area contributed by atoms with Gasteiger partial charge in [0.1, 0.15) is 0 Å². The van der Waals surface area contributed by atoms with Gasteiger partial charge in [-0.15, -0.1) is 0 Å². The van der Waals surface area contributed by atoms with Gasteiger partial charge < -0.3 is 5.32 Å². The topological polar surface area (TPSA) is 29.1 Å². The second-order valence-electron chi connectivity index (χ2n) is 6.05. The molecule has 2 saturated carbocycles. The molecule has 2 nitrogen and oxygen atoms in total.